The molecule has 0 aromatic carbocycles. The molecule has 1 spiro atoms. The van der Waals surface area contributed by atoms with Gasteiger partial charge in [0.05, 0.1) is 30.3 Å². The third-order valence-corrected chi connectivity index (χ3v) is 17.9. The van der Waals surface area contributed by atoms with E-state index in [2.05, 4.69) is 34.6 Å². The van der Waals surface area contributed by atoms with Crippen molar-refractivity contribution in [1.82, 2.24) is 0 Å². The third-order valence-electron chi connectivity index (χ3n) is 17.9. The summed E-state index contributed by atoms with van der Waals surface area (Å²) in [5.41, 5.74) is -3.23. The molecule has 14 nitrogen and oxygen atoms in total. The fraction of sp³-hybridized carbons (Fsp3) is 0.929. The first kappa shape index (κ1) is 41.5. The van der Waals surface area contributed by atoms with Crippen LogP contribution < -0.4 is 0 Å². The van der Waals surface area contributed by atoms with Gasteiger partial charge in [-0.2, -0.15) is 0 Å². The van der Waals surface area contributed by atoms with Gasteiger partial charge in [0.15, 0.2) is 12.6 Å². The van der Waals surface area contributed by atoms with Crippen LogP contribution in [0.15, 0.2) is 11.1 Å². The predicted molar refractivity (Wildman–Crippen MR) is 197 cm³/mol. The molecule has 20 atom stereocenters. The molecule has 318 valence electrons. The van der Waals surface area contributed by atoms with E-state index in [-0.39, 0.29) is 28.6 Å². The number of fused-ring (bicyclic) bond motifs is 7. The number of rotatable bonds is 5. The second-order valence-electron chi connectivity index (χ2n) is 20.7. The van der Waals surface area contributed by atoms with Crippen LogP contribution in [0.25, 0.3) is 0 Å². The number of hydrogen-bond acceptors (Lipinski definition) is 14. The summed E-state index contributed by atoms with van der Waals surface area (Å²) in [4.78, 5) is 13.7. The normalized spacial score (nSPS) is 57.8. The molecule has 4 saturated carbocycles. The van der Waals surface area contributed by atoms with E-state index in [1.54, 1.807) is 6.92 Å². The lowest BCUT2D eigenvalue weighted by Gasteiger charge is -2.73. The van der Waals surface area contributed by atoms with Gasteiger partial charge in [0.2, 0.25) is 0 Å². The van der Waals surface area contributed by atoms with E-state index in [0.717, 1.165) is 24.8 Å². The van der Waals surface area contributed by atoms with Gasteiger partial charge in [0, 0.05) is 0 Å². The van der Waals surface area contributed by atoms with Gasteiger partial charge < -0.3 is 64.5 Å². The smallest absolute Gasteiger partial charge is 0.317 e. The summed E-state index contributed by atoms with van der Waals surface area (Å²) in [6.07, 6.45) is -9.25. The highest BCUT2D eigenvalue weighted by Gasteiger charge is 2.75. The fourth-order valence-electron chi connectivity index (χ4n) is 14.1. The lowest BCUT2D eigenvalue weighted by atomic mass is 9.33. The summed E-state index contributed by atoms with van der Waals surface area (Å²) in [5.74, 6) is -0.0393. The monoisotopic (exact) mass is 794 g/mol. The molecule has 0 aromatic heterocycles. The van der Waals surface area contributed by atoms with E-state index in [1.807, 2.05) is 6.92 Å². The van der Waals surface area contributed by atoms with Gasteiger partial charge in [0.1, 0.15) is 53.9 Å². The van der Waals surface area contributed by atoms with Crippen molar-refractivity contribution >= 4 is 5.97 Å². The van der Waals surface area contributed by atoms with Crippen molar-refractivity contribution in [3.05, 3.63) is 11.1 Å². The highest BCUT2D eigenvalue weighted by atomic mass is 16.8. The Morgan fingerprint density at radius 1 is 0.732 bits per heavy atom. The maximum atomic E-state index is 13.7. The maximum Gasteiger partial charge on any atom is 0.317 e. The third kappa shape index (κ3) is 5.26. The first-order valence-electron chi connectivity index (χ1n) is 21.0. The molecule has 9 aliphatic rings. The number of ether oxygens (including phenoxy) is 5. The molecule has 5 aliphatic carbocycles. The number of hydrogen-bond donors (Lipinski definition) is 8. The Hall–Kier alpha value is -1.27. The Bertz CT molecular complexity index is 1620. The summed E-state index contributed by atoms with van der Waals surface area (Å²) >= 11 is 0. The van der Waals surface area contributed by atoms with Crippen LogP contribution in [0.1, 0.15) is 113 Å². The van der Waals surface area contributed by atoms with E-state index in [0.29, 0.717) is 44.1 Å². The predicted octanol–water partition coefficient (Wildman–Crippen LogP) is 1.59. The largest absolute Gasteiger partial charge is 0.455 e. The Morgan fingerprint density at radius 3 is 2.07 bits per heavy atom. The minimum Gasteiger partial charge on any atom is -0.455 e. The molecule has 0 amide bonds. The van der Waals surface area contributed by atoms with Gasteiger partial charge in [0.25, 0.3) is 0 Å². The quantitative estimate of drug-likeness (QED) is 0.113. The van der Waals surface area contributed by atoms with Crippen molar-refractivity contribution in [2.24, 2.45) is 38.9 Å². The number of carbonyl (C=O) groups excluding carboxylic acids is 1. The van der Waals surface area contributed by atoms with Crippen LogP contribution in [0.2, 0.25) is 0 Å². The Labute approximate surface area is 329 Å². The minimum absolute atomic E-state index is 0.104. The van der Waals surface area contributed by atoms with Gasteiger partial charge >= 0.3 is 5.97 Å². The van der Waals surface area contributed by atoms with Gasteiger partial charge in [-0.15, -0.1) is 0 Å². The molecule has 0 unspecified atom stereocenters. The molecule has 14 heteroatoms. The molecule has 0 radical (unpaired) electrons. The summed E-state index contributed by atoms with van der Waals surface area (Å²) in [6.45, 7) is 15.8. The Balaban J connectivity index is 1.08. The zero-order valence-electron chi connectivity index (χ0n) is 34.2. The SMILES string of the molecule is C[C@@H]1O[C@@H](O[C@H]2[C@H](O[C@H]3CC[C@]4(C)[C@H]5C[C@@H](O)C6=C7[C@]8(CC[C@](C)(OC8=O)[C@@]7(C)O)CC[C@@]6(C)[C@]5(C)CC[C@H]4C3(C)C)O[C@H](CO)[C@@H](O)[C@@H]2O)[C@H](O)[C@H](O)[C@H]1O. The lowest BCUT2D eigenvalue weighted by Crippen LogP contribution is -2.72. The molecule has 2 bridgehead atoms. The standard InChI is InChI=1S/C42H66O14/c1-19-26(45)28(47)30(49)33(52-19)55-31-29(48)27(46)21(18-43)53-34(31)54-24-10-11-37(4)22(36(24,2)3)9-12-38(5)23(37)17-20(44)25-32-41(8,51)40(7)14-16-42(32,35(50)56-40)15-13-39(25,38)6/h19-24,26-31,33-34,43-49,51H,9-18H2,1-8H3/t19-,20+,21+,22-,23+,24-,26-,27+,28+,29-,30+,31+,33-,34-,37-,38+,39+,40-,41-,42+/m0/s1. The van der Waals surface area contributed by atoms with Gasteiger partial charge in [-0.05, 0) is 123 Å². The van der Waals surface area contributed by atoms with Gasteiger partial charge in [-0.1, -0.05) is 34.6 Å². The topological polar surface area (TPSA) is 225 Å². The fourth-order valence-corrected chi connectivity index (χ4v) is 14.1. The van der Waals surface area contributed by atoms with Gasteiger partial charge in [-0.3, -0.25) is 4.79 Å². The van der Waals surface area contributed by atoms with E-state index in [1.165, 1.54) is 6.92 Å². The second kappa shape index (κ2) is 13.1. The first-order chi connectivity index (χ1) is 25.9. The van der Waals surface area contributed by atoms with Crippen LogP contribution in [-0.4, -0.2) is 138 Å². The molecular formula is C42H66O14. The van der Waals surface area contributed by atoms with Crippen LogP contribution in [0.4, 0.5) is 0 Å². The van der Waals surface area contributed by atoms with Crippen molar-refractivity contribution in [1.29, 1.82) is 0 Å². The maximum absolute atomic E-state index is 13.7. The highest BCUT2D eigenvalue weighted by molar-refractivity contribution is 5.86. The summed E-state index contributed by atoms with van der Waals surface area (Å²) in [5, 5.41) is 88.4. The summed E-state index contributed by atoms with van der Waals surface area (Å²) in [6, 6.07) is 0. The molecule has 9 rings (SSSR count). The summed E-state index contributed by atoms with van der Waals surface area (Å²) < 4.78 is 30.5. The molecule has 4 saturated heterocycles. The molecule has 0 aromatic rings. The van der Waals surface area contributed by atoms with E-state index in [9.17, 15) is 45.6 Å². The van der Waals surface area contributed by atoms with E-state index >= 15 is 0 Å². The van der Waals surface area contributed by atoms with Crippen LogP contribution in [0, 0.1) is 38.9 Å². The number of esters is 1. The van der Waals surface area contributed by atoms with Crippen LogP contribution in [0.3, 0.4) is 0 Å². The van der Waals surface area contributed by atoms with E-state index < -0.39 is 108 Å². The van der Waals surface area contributed by atoms with Crippen LogP contribution in [-0.2, 0) is 28.5 Å². The van der Waals surface area contributed by atoms with Crippen molar-refractivity contribution < 1.29 is 69.3 Å². The molecule has 4 heterocycles. The van der Waals surface area contributed by atoms with Gasteiger partial charge in [-0.25, -0.2) is 0 Å². The molecule has 8 N–H and O–H groups in total. The molecule has 56 heavy (non-hydrogen) atoms. The average Bonchev–Trinajstić information content (AvgIpc) is 3.12. The molecule has 8 fully saturated rings. The van der Waals surface area contributed by atoms with Crippen LogP contribution >= 0.6 is 0 Å². The van der Waals surface area contributed by atoms with Crippen molar-refractivity contribution in [2.45, 2.75) is 198 Å². The minimum atomic E-state index is -1.67. The highest BCUT2D eigenvalue weighted by Crippen LogP contribution is 2.77. The van der Waals surface area contributed by atoms with Crippen molar-refractivity contribution in [2.75, 3.05) is 6.61 Å². The Kier molecular flexibility index (Phi) is 9.71. The van der Waals surface area contributed by atoms with Crippen molar-refractivity contribution in [3.8, 4) is 0 Å². The zero-order chi connectivity index (χ0) is 40.9. The zero-order valence-corrected chi connectivity index (χ0v) is 34.2. The average molecular weight is 795 g/mol. The Morgan fingerprint density at radius 2 is 1.41 bits per heavy atom. The van der Waals surface area contributed by atoms with Crippen LogP contribution in [0.5, 0.6) is 0 Å². The second-order valence-corrected chi connectivity index (χ2v) is 20.7. The van der Waals surface area contributed by atoms with Crippen molar-refractivity contribution in [3.63, 3.8) is 0 Å². The molecular weight excluding hydrogens is 728 g/mol. The number of aliphatic hydroxyl groups is 8. The first-order valence-corrected chi connectivity index (χ1v) is 21.0. The van der Waals surface area contributed by atoms with E-state index in [4.69, 9.17) is 23.7 Å². The number of carbonyl (C=O) groups is 1. The molecule has 4 aliphatic heterocycles. The number of aliphatic hydroxyl groups excluding tert-OH is 7. The summed E-state index contributed by atoms with van der Waals surface area (Å²) in [7, 11) is 0. The lowest BCUT2D eigenvalue weighted by molar-refractivity contribution is -0.376.